The zero-order chi connectivity index (χ0) is 22.1. The van der Waals surface area contributed by atoms with E-state index in [1.165, 1.54) is 0 Å². The average Bonchev–Trinajstić information content (AvgIpc) is 3.20. The van der Waals surface area contributed by atoms with Crippen molar-refractivity contribution in [3.8, 4) is 0 Å². The molecule has 0 bridgehead atoms. The van der Waals surface area contributed by atoms with Gasteiger partial charge in [-0.1, -0.05) is 13.0 Å². The monoisotopic (exact) mass is 419 g/mol. The number of ether oxygens (including phenoxy) is 2. The molecule has 1 saturated heterocycles. The van der Waals surface area contributed by atoms with Gasteiger partial charge in [0.05, 0.1) is 24.4 Å². The molecule has 2 rings (SSSR count). The van der Waals surface area contributed by atoms with E-state index in [1.807, 2.05) is 18.2 Å². The first-order chi connectivity index (χ1) is 14.2. The third-order valence-corrected chi connectivity index (χ3v) is 5.76. The maximum absolute atomic E-state index is 13.4. The Morgan fingerprint density at radius 3 is 2.73 bits per heavy atom. The van der Waals surface area contributed by atoms with Crippen molar-refractivity contribution in [3.63, 3.8) is 0 Å². The Balaban J connectivity index is 2.08. The number of likely N-dealkylation sites (N-methyl/N-ethyl adjacent to an activating group) is 1. The van der Waals surface area contributed by atoms with Crippen LogP contribution in [0.3, 0.4) is 0 Å². The van der Waals surface area contributed by atoms with Gasteiger partial charge in [-0.15, -0.1) is 0 Å². The third-order valence-electron chi connectivity index (χ3n) is 5.76. The van der Waals surface area contributed by atoms with Crippen molar-refractivity contribution in [3.05, 3.63) is 30.1 Å². The molecule has 6 nitrogen and oxygen atoms in total. The molecule has 2 heterocycles. The Bertz CT molecular complexity index is 636. The van der Waals surface area contributed by atoms with Gasteiger partial charge in [0.2, 0.25) is 0 Å². The maximum Gasteiger partial charge on any atom is 0.198 e. The zero-order valence-corrected chi connectivity index (χ0v) is 19.8. The van der Waals surface area contributed by atoms with Crippen LogP contribution in [0.2, 0.25) is 0 Å². The van der Waals surface area contributed by atoms with Crippen LogP contribution >= 0.6 is 0 Å². The second kappa shape index (κ2) is 11.9. The fourth-order valence-corrected chi connectivity index (χ4v) is 4.00. The molecule has 30 heavy (non-hydrogen) atoms. The van der Waals surface area contributed by atoms with Crippen LogP contribution in [-0.2, 0) is 9.47 Å². The van der Waals surface area contributed by atoms with Crippen LogP contribution in [-0.4, -0.2) is 84.3 Å². The normalized spacial score (nSPS) is 19.0. The Hall–Kier alpha value is -1.34. The quantitative estimate of drug-likeness (QED) is 0.455. The van der Waals surface area contributed by atoms with Crippen molar-refractivity contribution in [2.75, 3.05) is 39.9 Å². The summed E-state index contributed by atoms with van der Waals surface area (Å²) in [4.78, 5) is 22.4. The molecular formula is C24H41N3O3. The van der Waals surface area contributed by atoms with E-state index in [2.05, 4.69) is 56.5 Å². The molecule has 170 valence electrons. The summed E-state index contributed by atoms with van der Waals surface area (Å²) in [7, 11) is 2.15. The van der Waals surface area contributed by atoms with Crippen LogP contribution in [0, 0.1) is 0 Å². The van der Waals surface area contributed by atoms with E-state index in [1.54, 1.807) is 6.20 Å². The van der Waals surface area contributed by atoms with E-state index < -0.39 is 0 Å². The maximum atomic E-state index is 13.4. The van der Waals surface area contributed by atoms with E-state index in [-0.39, 0.29) is 23.5 Å². The molecule has 0 spiro atoms. The highest BCUT2D eigenvalue weighted by molar-refractivity contribution is 5.98. The molecule has 0 amide bonds. The molecule has 0 aliphatic carbocycles. The number of Topliss-reactive ketones (excluding diaryl/α,β-unsaturated/α-hetero) is 1. The largest absolute Gasteiger partial charge is 0.377 e. The molecular weight excluding hydrogens is 378 g/mol. The highest BCUT2D eigenvalue weighted by atomic mass is 16.5. The van der Waals surface area contributed by atoms with Gasteiger partial charge in [0.1, 0.15) is 5.69 Å². The van der Waals surface area contributed by atoms with E-state index in [4.69, 9.17) is 9.47 Å². The minimum Gasteiger partial charge on any atom is -0.377 e. The Morgan fingerprint density at radius 2 is 2.10 bits per heavy atom. The number of pyridine rings is 1. The van der Waals surface area contributed by atoms with Gasteiger partial charge in [-0.05, 0) is 66.1 Å². The molecule has 0 radical (unpaired) electrons. The van der Waals surface area contributed by atoms with Gasteiger partial charge in [0.15, 0.2) is 5.78 Å². The second-order valence-electron chi connectivity index (χ2n) is 9.24. The molecule has 0 N–H and O–H groups in total. The summed E-state index contributed by atoms with van der Waals surface area (Å²) in [6, 6.07) is 5.75. The molecule has 0 saturated carbocycles. The fourth-order valence-electron chi connectivity index (χ4n) is 4.00. The van der Waals surface area contributed by atoms with E-state index in [0.29, 0.717) is 24.8 Å². The van der Waals surface area contributed by atoms with E-state index in [0.717, 1.165) is 39.1 Å². The summed E-state index contributed by atoms with van der Waals surface area (Å²) in [5, 5.41) is 0. The van der Waals surface area contributed by atoms with Crippen LogP contribution < -0.4 is 0 Å². The molecule has 1 aromatic rings. The molecule has 6 heteroatoms. The molecule has 0 unspecified atom stereocenters. The van der Waals surface area contributed by atoms with Crippen LogP contribution in [0.25, 0.3) is 0 Å². The third kappa shape index (κ3) is 7.73. The van der Waals surface area contributed by atoms with Crippen LogP contribution in [0.5, 0.6) is 0 Å². The summed E-state index contributed by atoms with van der Waals surface area (Å²) in [6.45, 7) is 14.5. The number of hydrogen-bond donors (Lipinski definition) is 0. The minimum atomic E-state index is -0.361. The average molecular weight is 420 g/mol. The second-order valence-corrected chi connectivity index (χ2v) is 9.24. The lowest BCUT2D eigenvalue weighted by atomic mass is 9.93. The van der Waals surface area contributed by atoms with Gasteiger partial charge in [-0.2, -0.15) is 0 Å². The summed E-state index contributed by atoms with van der Waals surface area (Å²) in [6.07, 6.45) is 4.63. The number of aromatic nitrogens is 1. The zero-order valence-electron chi connectivity index (χ0n) is 19.8. The first-order valence-corrected chi connectivity index (χ1v) is 11.4. The van der Waals surface area contributed by atoms with E-state index in [9.17, 15) is 4.79 Å². The predicted octanol–water partition coefficient (Wildman–Crippen LogP) is 3.66. The van der Waals surface area contributed by atoms with E-state index >= 15 is 0 Å². The highest BCUT2D eigenvalue weighted by Crippen LogP contribution is 2.27. The highest BCUT2D eigenvalue weighted by Gasteiger charge is 2.38. The summed E-state index contributed by atoms with van der Waals surface area (Å²) < 4.78 is 11.8. The van der Waals surface area contributed by atoms with Crippen LogP contribution in [0.4, 0.5) is 0 Å². The summed E-state index contributed by atoms with van der Waals surface area (Å²) >= 11 is 0. The number of likely N-dealkylation sites (tertiary alicyclic amines) is 1. The van der Waals surface area contributed by atoms with Gasteiger partial charge >= 0.3 is 0 Å². The Labute approximate surface area is 182 Å². The molecule has 1 fully saturated rings. The van der Waals surface area contributed by atoms with Crippen molar-refractivity contribution >= 4 is 5.78 Å². The SMILES string of the molecule is CCCOC(C)(C)C[C@H](C(=O)c1ccccn1)N1CC[C@@H](N(C)CCOC(C)C)C1. The lowest BCUT2D eigenvalue weighted by Crippen LogP contribution is -2.47. The summed E-state index contributed by atoms with van der Waals surface area (Å²) in [5.41, 5.74) is 0.177. The topological polar surface area (TPSA) is 54.9 Å². The van der Waals surface area contributed by atoms with Gasteiger partial charge in [0, 0.05) is 38.5 Å². The molecule has 1 aliphatic heterocycles. The molecule has 1 aliphatic rings. The summed E-state index contributed by atoms with van der Waals surface area (Å²) in [5.74, 6) is 0.0928. The minimum absolute atomic E-state index is 0.0928. The number of hydrogen-bond acceptors (Lipinski definition) is 6. The van der Waals surface area contributed by atoms with Gasteiger partial charge in [-0.25, -0.2) is 0 Å². The number of ketones is 1. The fraction of sp³-hybridized carbons (Fsp3) is 0.750. The number of nitrogens with zero attached hydrogens (tertiary/aromatic N) is 3. The number of carbonyl (C=O) groups excluding carboxylic acids is 1. The predicted molar refractivity (Wildman–Crippen MR) is 121 cm³/mol. The van der Waals surface area contributed by atoms with Crippen LogP contribution in [0.15, 0.2) is 24.4 Å². The Morgan fingerprint density at radius 1 is 1.33 bits per heavy atom. The van der Waals surface area contributed by atoms with Gasteiger partial charge in [0.25, 0.3) is 0 Å². The number of rotatable bonds is 13. The van der Waals surface area contributed by atoms with Gasteiger partial charge in [-0.3, -0.25) is 19.6 Å². The first kappa shape index (κ1) is 24.9. The van der Waals surface area contributed by atoms with Crippen molar-refractivity contribution in [1.29, 1.82) is 0 Å². The van der Waals surface area contributed by atoms with Crippen molar-refractivity contribution in [2.45, 2.75) is 77.7 Å². The standard InChI is InChI=1S/C24H41N3O3/c1-7-15-30-24(4,5)17-22(23(28)21-10-8-9-12-25-21)27-13-11-20(18-27)26(6)14-16-29-19(2)3/h8-10,12,19-20,22H,7,11,13-18H2,1-6H3/t20-,22-/m1/s1. The molecule has 2 atom stereocenters. The molecule has 1 aromatic heterocycles. The Kier molecular flexibility index (Phi) is 9.88. The van der Waals surface area contributed by atoms with Gasteiger partial charge < -0.3 is 9.47 Å². The molecule has 0 aromatic carbocycles. The lowest BCUT2D eigenvalue weighted by molar-refractivity contribution is -0.0367. The van der Waals surface area contributed by atoms with Crippen LogP contribution in [0.1, 0.15) is 64.4 Å². The lowest BCUT2D eigenvalue weighted by Gasteiger charge is -2.34. The smallest absolute Gasteiger partial charge is 0.198 e. The van der Waals surface area contributed by atoms with Crippen molar-refractivity contribution in [2.24, 2.45) is 0 Å². The van der Waals surface area contributed by atoms with Crippen molar-refractivity contribution < 1.29 is 14.3 Å². The first-order valence-electron chi connectivity index (χ1n) is 11.4. The number of carbonyl (C=O) groups is 1. The van der Waals surface area contributed by atoms with Crippen molar-refractivity contribution in [1.82, 2.24) is 14.8 Å².